The minimum Gasteiger partial charge on any atom is -0.480 e. The van der Waals surface area contributed by atoms with E-state index >= 15 is 0 Å². The van der Waals surface area contributed by atoms with Crippen molar-refractivity contribution in [1.29, 1.82) is 0 Å². The Labute approximate surface area is 149 Å². The quantitative estimate of drug-likeness (QED) is 0.762. The van der Waals surface area contributed by atoms with Crippen molar-refractivity contribution in [3.05, 3.63) is 52.5 Å². The molecular weight excluding hydrogens is 338 g/mol. The van der Waals surface area contributed by atoms with Crippen molar-refractivity contribution in [2.24, 2.45) is 7.05 Å². The lowest BCUT2D eigenvalue weighted by Gasteiger charge is -2.24. The predicted molar refractivity (Wildman–Crippen MR) is 97.0 cm³/mol. The molecule has 0 fully saturated rings. The zero-order valence-corrected chi connectivity index (χ0v) is 15.1. The molecule has 0 radical (unpaired) electrons. The molecule has 3 rings (SSSR count). The largest absolute Gasteiger partial charge is 0.480 e. The summed E-state index contributed by atoms with van der Waals surface area (Å²) in [5, 5.41) is 14.8. The van der Waals surface area contributed by atoms with Crippen LogP contribution in [0, 0.1) is 6.92 Å². The Balaban J connectivity index is 1.87. The van der Waals surface area contributed by atoms with Crippen molar-refractivity contribution >= 4 is 33.4 Å². The van der Waals surface area contributed by atoms with Crippen molar-refractivity contribution in [3.63, 3.8) is 0 Å². The van der Waals surface area contributed by atoms with E-state index in [9.17, 15) is 14.7 Å². The van der Waals surface area contributed by atoms with Gasteiger partial charge in [0.15, 0.2) is 0 Å². The standard InChI is InChI=1S/C18H19N3O3S/c1-11-13-10-15(25-17(13)21(3)19-11)16(22)20(2)14(18(23)24)9-12-7-5-4-6-8-12/h4-8,10,14H,9H2,1-3H3,(H,23,24). The second-order valence-electron chi connectivity index (χ2n) is 6.00. The molecule has 6 nitrogen and oxygen atoms in total. The molecule has 2 aromatic heterocycles. The van der Waals surface area contributed by atoms with Crippen molar-refractivity contribution in [2.45, 2.75) is 19.4 Å². The number of carboxylic acids is 1. The van der Waals surface area contributed by atoms with Gasteiger partial charge in [0.2, 0.25) is 0 Å². The molecule has 0 spiro atoms. The van der Waals surface area contributed by atoms with Gasteiger partial charge in [0.25, 0.3) is 5.91 Å². The van der Waals surface area contributed by atoms with Crippen LogP contribution in [0.25, 0.3) is 10.2 Å². The van der Waals surface area contributed by atoms with Gasteiger partial charge in [-0.1, -0.05) is 30.3 Å². The summed E-state index contributed by atoms with van der Waals surface area (Å²) < 4.78 is 1.74. The number of fused-ring (bicyclic) bond motifs is 1. The van der Waals surface area contributed by atoms with Gasteiger partial charge >= 0.3 is 5.97 Å². The first-order chi connectivity index (χ1) is 11.9. The highest BCUT2D eigenvalue weighted by Gasteiger charge is 2.29. The fraction of sp³-hybridized carbons (Fsp3) is 0.278. The van der Waals surface area contributed by atoms with Gasteiger partial charge in [-0.2, -0.15) is 5.10 Å². The van der Waals surface area contributed by atoms with Crippen LogP contribution >= 0.6 is 11.3 Å². The van der Waals surface area contributed by atoms with Crippen molar-refractivity contribution in [2.75, 3.05) is 7.05 Å². The molecule has 1 atom stereocenters. The maximum atomic E-state index is 12.8. The number of likely N-dealkylation sites (N-methyl/N-ethyl adjacent to an activating group) is 1. The van der Waals surface area contributed by atoms with E-state index in [2.05, 4.69) is 5.10 Å². The average molecular weight is 357 g/mol. The predicted octanol–water partition coefficient (Wildman–Crippen LogP) is 2.71. The zero-order valence-electron chi connectivity index (χ0n) is 14.3. The van der Waals surface area contributed by atoms with E-state index < -0.39 is 12.0 Å². The lowest BCUT2D eigenvalue weighted by Crippen LogP contribution is -2.43. The first-order valence-electron chi connectivity index (χ1n) is 7.85. The summed E-state index contributed by atoms with van der Waals surface area (Å²) in [4.78, 5) is 27.3. The molecule has 0 saturated carbocycles. The lowest BCUT2D eigenvalue weighted by molar-refractivity contribution is -0.141. The van der Waals surface area contributed by atoms with Gasteiger partial charge in [0.1, 0.15) is 10.9 Å². The summed E-state index contributed by atoms with van der Waals surface area (Å²) >= 11 is 1.33. The second kappa shape index (κ2) is 6.68. The maximum Gasteiger partial charge on any atom is 0.326 e. The number of hydrogen-bond acceptors (Lipinski definition) is 4. The Morgan fingerprint density at radius 3 is 2.60 bits per heavy atom. The molecule has 0 bridgehead atoms. The number of carbonyl (C=O) groups excluding carboxylic acids is 1. The number of thiophene rings is 1. The number of nitrogens with zero attached hydrogens (tertiary/aromatic N) is 3. The molecule has 7 heteroatoms. The SMILES string of the molecule is Cc1nn(C)c2sc(C(=O)N(C)C(Cc3ccccc3)C(=O)O)cc12. The summed E-state index contributed by atoms with van der Waals surface area (Å²) in [5.74, 6) is -1.30. The number of carbonyl (C=O) groups is 2. The summed E-state index contributed by atoms with van der Waals surface area (Å²) in [6, 6.07) is 10.2. The number of hydrogen-bond donors (Lipinski definition) is 1. The Morgan fingerprint density at radius 1 is 1.32 bits per heavy atom. The highest BCUT2D eigenvalue weighted by atomic mass is 32.1. The number of rotatable bonds is 5. The minimum absolute atomic E-state index is 0.268. The molecule has 0 aliphatic carbocycles. The number of carboxylic acid groups (broad SMARTS) is 1. The van der Waals surface area contributed by atoms with Crippen LogP contribution < -0.4 is 0 Å². The van der Waals surface area contributed by atoms with Crippen LogP contribution in [0.2, 0.25) is 0 Å². The molecule has 1 amide bonds. The molecule has 0 aliphatic rings. The monoisotopic (exact) mass is 357 g/mol. The van der Waals surface area contributed by atoms with Crippen molar-refractivity contribution in [1.82, 2.24) is 14.7 Å². The van der Waals surface area contributed by atoms with Gasteiger partial charge < -0.3 is 10.0 Å². The molecule has 1 N–H and O–H groups in total. The topological polar surface area (TPSA) is 75.4 Å². The zero-order chi connectivity index (χ0) is 18.1. The van der Waals surface area contributed by atoms with E-state index in [0.717, 1.165) is 21.5 Å². The highest BCUT2D eigenvalue weighted by molar-refractivity contribution is 7.20. The van der Waals surface area contributed by atoms with E-state index in [1.807, 2.05) is 44.3 Å². The maximum absolute atomic E-state index is 12.8. The lowest BCUT2D eigenvalue weighted by atomic mass is 10.0. The Hall–Kier alpha value is -2.67. The van der Waals surface area contributed by atoms with Crippen LogP contribution in [0.1, 0.15) is 20.9 Å². The summed E-state index contributed by atoms with van der Waals surface area (Å²) in [5.41, 5.74) is 1.74. The van der Waals surface area contributed by atoms with E-state index in [0.29, 0.717) is 4.88 Å². The number of aliphatic carboxylic acids is 1. The van der Waals surface area contributed by atoms with Crippen molar-refractivity contribution in [3.8, 4) is 0 Å². The Morgan fingerprint density at radius 2 is 2.00 bits per heavy atom. The van der Waals surface area contributed by atoms with Crippen LogP contribution in [0.5, 0.6) is 0 Å². The molecule has 0 saturated heterocycles. The molecule has 3 aromatic rings. The first-order valence-corrected chi connectivity index (χ1v) is 8.67. The number of amides is 1. The fourth-order valence-corrected chi connectivity index (χ4v) is 3.96. The second-order valence-corrected chi connectivity index (χ2v) is 7.03. The average Bonchev–Trinajstić information content (AvgIpc) is 3.14. The van der Waals surface area contributed by atoms with Crippen LogP contribution in [0.3, 0.4) is 0 Å². The molecular formula is C18H19N3O3S. The molecule has 1 aromatic carbocycles. The summed E-state index contributed by atoms with van der Waals surface area (Å²) in [7, 11) is 3.37. The van der Waals surface area contributed by atoms with Crippen LogP contribution in [0.4, 0.5) is 0 Å². The molecule has 2 heterocycles. The van der Waals surface area contributed by atoms with Gasteiger partial charge in [-0.05, 0) is 18.6 Å². The fourth-order valence-electron chi connectivity index (χ4n) is 2.85. The van der Waals surface area contributed by atoms with E-state index in [1.165, 1.54) is 16.2 Å². The van der Waals surface area contributed by atoms with E-state index in [-0.39, 0.29) is 12.3 Å². The third-order valence-corrected chi connectivity index (χ3v) is 5.44. The Kier molecular flexibility index (Phi) is 4.59. The smallest absolute Gasteiger partial charge is 0.326 e. The third-order valence-electron chi connectivity index (χ3n) is 4.25. The number of benzene rings is 1. The number of aromatic nitrogens is 2. The molecule has 25 heavy (non-hydrogen) atoms. The Bertz CT molecular complexity index is 895. The highest BCUT2D eigenvalue weighted by Crippen LogP contribution is 2.28. The van der Waals surface area contributed by atoms with Crippen LogP contribution in [-0.4, -0.2) is 44.8 Å². The van der Waals surface area contributed by atoms with Gasteiger partial charge in [-0.3, -0.25) is 9.48 Å². The van der Waals surface area contributed by atoms with Crippen LogP contribution in [-0.2, 0) is 18.3 Å². The van der Waals surface area contributed by atoms with Gasteiger partial charge in [-0.15, -0.1) is 11.3 Å². The molecule has 130 valence electrons. The summed E-state index contributed by atoms with van der Waals surface area (Å²) in [6.45, 7) is 1.89. The minimum atomic E-state index is -1.02. The molecule has 1 unspecified atom stereocenters. The summed E-state index contributed by atoms with van der Waals surface area (Å²) in [6.07, 6.45) is 0.268. The normalized spacial score (nSPS) is 12.3. The van der Waals surface area contributed by atoms with Gasteiger partial charge in [-0.25, -0.2) is 4.79 Å². The number of aryl methyl sites for hydroxylation is 2. The van der Waals surface area contributed by atoms with E-state index in [1.54, 1.807) is 17.8 Å². The molecule has 0 aliphatic heterocycles. The third kappa shape index (κ3) is 3.28. The van der Waals surface area contributed by atoms with Gasteiger partial charge in [0, 0.05) is 25.9 Å². The van der Waals surface area contributed by atoms with Crippen LogP contribution in [0.15, 0.2) is 36.4 Å². The van der Waals surface area contributed by atoms with Gasteiger partial charge in [0.05, 0.1) is 10.6 Å². The van der Waals surface area contributed by atoms with E-state index in [4.69, 9.17) is 0 Å². The first kappa shape index (κ1) is 17.2. The van der Waals surface area contributed by atoms with Crippen molar-refractivity contribution < 1.29 is 14.7 Å².